The van der Waals surface area contributed by atoms with Crippen molar-refractivity contribution in [2.24, 2.45) is 0 Å². The van der Waals surface area contributed by atoms with Gasteiger partial charge in [0.2, 0.25) is 0 Å². The molecule has 1 heterocycles. The molecule has 0 aliphatic rings. The van der Waals surface area contributed by atoms with Crippen LogP contribution in [0.25, 0.3) is 109 Å². The van der Waals surface area contributed by atoms with Gasteiger partial charge in [-0.2, -0.15) is 0 Å². The molecule has 0 bridgehead atoms. The molecule has 230 valence electrons. The van der Waals surface area contributed by atoms with E-state index in [1.54, 1.807) is 0 Å². The Labute approximate surface area is 289 Å². The fourth-order valence-electron chi connectivity index (χ4n) is 8.37. The predicted octanol–water partition coefficient (Wildman–Crippen LogP) is 13.5. The minimum Gasteiger partial charge on any atom is -0.256 e. The number of aromatic nitrogens is 1. The van der Waals surface area contributed by atoms with Gasteiger partial charge in [-0.3, -0.25) is 4.98 Å². The Balaban J connectivity index is 0.891. The Morgan fingerprint density at radius 3 is 1.10 bits per heavy atom. The van der Waals surface area contributed by atoms with E-state index in [9.17, 15) is 0 Å². The van der Waals surface area contributed by atoms with Gasteiger partial charge >= 0.3 is 0 Å². The second kappa shape index (κ2) is 10.5. The summed E-state index contributed by atoms with van der Waals surface area (Å²) in [5, 5.41) is 15.8. The van der Waals surface area contributed by atoms with Crippen molar-refractivity contribution in [2.75, 3.05) is 0 Å². The smallest absolute Gasteiger partial charge is 0.0702 e. The minimum absolute atomic E-state index is 0.973. The second-order valence-corrected chi connectivity index (χ2v) is 13.5. The van der Waals surface area contributed by atoms with Gasteiger partial charge in [-0.25, -0.2) is 0 Å². The highest BCUT2D eigenvalue weighted by Crippen LogP contribution is 2.41. The van der Waals surface area contributed by atoms with Crippen LogP contribution in [-0.4, -0.2) is 4.98 Å². The first-order valence-electron chi connectivity index (χ1n) is 17.3. The van der Waals surface area contributed by atoms with Crippen molar-refractivity contribution >= 4 is 64.6 Å². The highest BCUT2D eigenvalue weighted by molar-refractivity contribution is 6.26. The molecule has 0 fully saturated rings. The maximum Gasteiger partial charge on any atom is 0.0702 e. The van der Waals surface area contributed by atoms with Gasteiger partial charge in [-0.1, -0.05) is 164 Å². The molecule has 0 unspecified atom stereocenters. The molecule has 0 spiro atoms. The number of rotatable bonds is 4. The van der Waals surface area contributed by atoms with E-state index in [1.165, 1.54) is 86.9 Å². The van der Waals surface area contributed by atoms with Gasteiger partial charge in [0.15, 0.2) is 0 Å². The molecule has 0 atom stereocenters. The first-order chi connectivity index (χ1) is 24.8. The number of pyridine rings is 1. The second-order valence-electron chi connectivity index (χ2n) is 13.5. The molecular weight excluding hydrogens is 603 g/mol. The van der Waals surface area contributed by atoms with Gasteiger partial charge in [0.25, 0.3) is 0 Å². The maximum atomic E-state index is 4.90. The summed E-state index contributed by atoms with van der Waals surface area (Å²) in [4.78, 5) is 4.90. The SMILES string of the molecule is c1cc2ccc3ccc(-c4ccc(-c5ccc(-c6ccc(-c7ccc8ccc9cccc%10ccc7c8c9%10)cc6)nc5)cc4)c4ccc(c1)c2c34. The topological polar surface area (TPSA) is 12.9 Å². The van der Waals surface area contributed by atoms with Gasteiger partial charge in [0.05, 0.1) is 5.69 Å². The van der Waals surface area contributed by atoms with E-state index in [1.807, 2.05) is 6.20 Å². The molecule has 0 N–H and O–H groups in total. The molecule has 1 heteroatoms. The highest BCUT2D eigenvalue weighted by Gasteiger charge is 2.14. The summed E-state index contributed by atoms with van der Waals surface area (Å²) in [5.74, 6) is 0. The molecule has 1 aromatic heterocycles. The number of benzene rings is 10. The van der Waals surface area contributed by atoms with Crippen molar-refractivity contribution in [3.63, 3.8) is 0 Å². The van der Waals surface area contributed by atoms with Crippen molar-refractivity contribution in [1.29, 1.82) is 0 Å². The fraction of sp³-hybridized carbons (Fsp3) is 0. The molecule has 11 rings (SSSR count). The largest absolute Gasteiger partial charge is 0.256 e. The Morgan fingerprint density at radius 2 is 0.640 bits per heavy atom. The van der Waals surface area contributed by atoms with Crippen LogP contribution in [-0.2, 0) is 0 Å². The van der Waals surface area contributed by atoms with Gasteiger partial charge in [0.1, 0.15) is 0 Å². The van der Waals surface area contributed by atoms with E-state index >= 15 is 0 Å². The van der Waals surface area contributed by atoms with E-state index in [0.717, 1.165) is 22.4 Å². The van der Waals surface area contributed by atoms with Crippen molar-refractivity contribution in [3.05, 3.63) is 176 Å². The Hall–Kier alpha value is -6.57. The van der Waals surface area contributed by atoms with Crippen molar-refractivity contribution in [3.8, 4) is 44.6 Å². The predicted molar refractivity (Wildman–Crippen MR) is 213 cm³/mol. The van der Waals surface area contributed by atoms with Crippen LogP contribution in [0.2, 0.25) is 0 Å². The third-order valence-corrected chi connectivity index (χ3v) is 10.8. The zero-order valence-corrected chi connectivity index (χ0v) is 27.2. The fourth-order valence-corrected chi connectivity index (χ4v) is 8.37. The van der Waals surface area contributed by atoms with E-state index in [-0.39, 0.29) is 0 Å². The lowest BCUT2D eigenvalue weighted by Crippen LogP contribution is -1.89. The zero-order valence-electron chi connectivity index (χ0n) is 27.2. The third kappa shape index (κ3) is 4.04. The summed E-state index contributed by atoms with van der Waals surface area (Å²) >= 11 is 0. The molecule has 0 aliphatic heterocycles. The van der Waals surface area contributed by atoms with Crippen molar-refractivity contribution in [1.82, 2.24) is 4.98 Å². The molecule has 10 aromatic carbocycles. The maximum absolute atomic E-state index is 4.90. The van der Waals surface area contributed by atoms with Crippen LogP contribution in [0.3, 0.4) is 0 Å². The van der Waals surface area contributed by atoms with E-state index in [2.05, 4.69) is 170 Å². The monoisotopic (exact) mass is 631 g/mol. The van der Waals surface area contributed by atoms with Gasteiger partial charge in [0, 0.05) is 17.3 Å². The van der Waals surface area contributed by atoms with Crippen LogP contribution in [0.4, 0.5) is 0 Å². The van der Waals surface area contributed by atoms with Crippen LogP contribution in [0.1, 0.15) is 0 Å². The first-order valence-corrected chi connectivity index (χ1v) is 17.3. The first kappa shape index (κ1) is 27.4. The number of nitrogens with zero attached hydrogens (tertiary/aromatic N) is 1. The summed E-state index contributed by atoms with van der Waals surface area (Å²) < 4.78 is 0. The molecule has 50 heavy (non-hydrogen) atoms. The van der Waals surface area contributed by atoms with Gasteiger partial charge in [-0.05, 0) is 98.5 Å². The lowest BCUT2D eigenvalue weighted by Gasteiger charge is -2.14. The molecule has 0 saturated heterocycles. The quantitative estimate of drug-likeness (QED) is 0.176. The molecule has 11 aromatic rings. The average Bonchev–Trinajstić information content (AvgIpc) is 3.19. The summed E-state index contributed by atoms with van der Waals surface area (Å²) in [6.45, 7) is 0. The summed E-state index contributed by atoms with van der Waals surface area (Å²) in [6, 6.07) is 62.3. The summed E-state index contributed by atoms with van der Waals surface area (Å²) in [7, 11) is 0. The van der Waals surface area contributed by atoms with E-state index in [4.69, 9.17) is 4.98 Å². The number of hydrogen-bond donors (Lipinski definition) is 0. The Kier molecular flexibility index (Phi) is 5.73. The zero-order chi connectivity index (χ0) is 32.8. The lowest BCUT2D eigenvalue weighted by molar-refractivity contribution is 1.33. The average molecular weight is 632 g/mol. The van der Waals surface area contributed by atoms with E-state index < -0.39 is 0 Å². The molecule has 0 radical (unpaired) electrons. The molecule has 0 saturated carbocycles. The standard InChI is InChI=1S/C49H29N/c1-3-34-15-17-38-19-24-41(43-26-21-36(5-1)46(34)48(38)43)31-9-7-30(8-10-31)40-23-28-45(50-29-40)33-13-11-32(12-14-33)42-25-20-39-18-16-35-4-2-6-37-22-27-44(42)49(39)47(35)37/h1-29H. The van der Waals surface area contributed by atoms with Crippen LogP contribution in [0, 0.1) is 0 Å². The van der Waals surface area contributed by atoms with Gasteiger partial charge < -0.3 is 0 Å². The van der Waals surface area contributed by atoms with Gasteiger partial charge in [-0.15, -0.1) is 0 Å². The Bertz CT molecular complexity index is 2800. The molecule has 0 aliphatic carbocycles. The van der Waals surface area contributed by atoms with Crippen LogP contribution in [0.5, 0.6) is 0 Å². The number of hydrogen-bond acceptors (Lipinski definition) is 1. The lowest BCUT2D eigenvalue weighted by atomic mass is 9.89. The highest BCUT2D eigenvalue weighted by atomic mass is 14.7. The normalized spacial score (nSPS) is 12.0. The summed E-state index contributed by atoms with van der Waals surface area (Å²) in [5.41, 5.74) is 9.32. The van der Waals surface area contributed by atoms with Crippen LogP contribution < -0.4 is 0 Å². The van der Waals surface area contributed by atoms with Crippen molar-refractivity contribution in [2.45, 2.75) is 0 Å². The summed E-state index contributed by atoms with van der Waals surface area (Å²) in [6.07, 6.45) is 2.00. The van der Waals surface area contributed by atoms with Crippen LogP contribution in [0.15, 0.2) is 176 Å². The van der Waals surface area contributed by atoms with Crippen LogP contribution >= 0.6 is 0 Å². The molecule has 0 amide bonds. The molecular formula is C49H29N. The van der Waals surface area contributed by atoms with E-state index in [0.29, 0.717) is 0 Å². The van der Waals surface area contributed by atoms with Crippen molar-refractivity contribution < 1.29 is 0 Å². The Morgan fingerprint density at radius 1 is 0.260 bits per heavy atom. The molecule has 1 nitrogen and oxygen atoms in total. The minimum atomic E-state index is 0.973. The third-order valence-electron chi connectivity index (χ3n) is 10.8.